The van der Waals surface area contributed by atoms with Crippen molar-refractivity contribution >= 4 is 40.5 Å². The third-order valence-electron chi connectivity index (χ3n) is 6.07. The van der Waals surface area contributed by atoms with E-state index in [9.17, 15) is 14.4 Å². The number of benzene rings is 3. The molecule has 8 nitrogen and oxygen atoms in total. The normalized spacial score (nSPS) is 13.8. The van der Waals surface area contributed by atoms with Crippen LogP contribution >= 0.6 is 0 Å². The highest BCUT2D eigenvalue weighted by atomic mass is 16.6. The second-order valence-corrected chi connectivity index (χ2v) is 10.4. The summed E-state index contributed by atoms with van der Waals surface area (Å²) in [6.45, 7) is 8.71. The second-order valence-electron chi connectivity index (χ2n) is 10.4. The third-order valence-corrected chi connectivity index (χ3v) is 6.07. The summed E-state index contributed by atoms with van der Waals surface area (Å²) in [4.78, 5) is 37.3. The van der Waals surface area contributed by atoms with Crippen LogP contribution in [0.2, 0.25) is 0 Å². The molecule has 1 heterocycles. The molecule has 0 bridgehead atoms. The summed E-state index contributed by atoms with van der Waals surface area (Å²) in [5.41, 5.74) is 5.03. The summed E-state index contributed by atoms with van der Waals surface area (Å²) < 4.78 is 10.4. The Morgan fingerprint density at radius 2 is 1.65 bits per heavy atom. The maximum absolute atomic E-state index is 13.2. The smallest absolute Gasteiger partial charge is 0.338 e. The number of hydrogen-bond donors (Lipinski definition) is 3. The Hall–Kier alpha value is -4.43. The van der Waals surface area contributed by atoms with E-state index in [1.165, 1.54) is 0 Å². The lowest BCUT2D eigenvalue weighted by Gasteiger charge is -2.19. The quantitative estimate of drug-likeness (QED) is 0.174. The summed E-state index contributed by atoms with van der Waals surface area (Å²) in [6.07, 6.45) is 0.301. The number of rotatable bonds is 10. The monoisotopic (exact) mass is 541 g/mol. The molecule has 0 saturated carbocycles. The molecule has 0 atom stereocenters. The van der Waals surface area contributed by atoms with Gasteiger partial charge in [-0.15, -0.1) is 0 Å². The van der Waals surface area contributed by atoms with Crippen LogP contribution in [0, 0.1) is 0 Å². The zero-order valence-corrected chi connectivity index (χ0v) is 23.3. The van der Waals surface area contributed by atoms with Gasteiger partial charge in [-0.3, -0.25) is 9.59 Å². The fourth-order valence-electron chi connectivity index (χ4n) is 4.31. The van der Waals surface area contributed by atoms with Crippen molar-refractivity contribution in [3.63, 3.8) is 0 Å². The molecule has 40 heavy (non-hydrogen) atoms. The summed E-state index contributed by atoms with van der Waals surface area (Å²) >= 11 is 0. The van der Waals surface area contributed by atoms with Crippen molar-refractivity contribution in [1.29, 1.82) is 0 Å². The van der Waals surface area contributed by atoms with Crippen molar-refractivity contribution in [2.75, 3.05) is 23.8 Å². The van der Waals surface area contributed by atoms with E-state index in [2.05, 4.69) is 16.0 Å². The van der Waals surface area contributed by atoms with Gasteiger partial charge < -0.3 is 25.4 Å². The lowest BCUT2D eigenvalue weighted by Crippen LogP contribution is -2.26. The predicted molar refractivity (Wildman–Crippen MR) is 157 cm³/mol. The topological polar surface area (TPSA) is 106 Å². The van der Waals surface area contributed by atoms with Crippen LogP contribution in [-0.4, -0.2) is 36.6 Å². The van der Waals surface area contributed by atoms with E-state index >= 15 is 0 Å². The SMILES string of the molecule is CCOC(=O)c1ccc2c(c1)NC(=O)/C2=C(\Nc1ccc(CNCCC(=O)OC(C)(C)C)cc1)c1ccccc1. The number of fused-ring (bicyclic) bond motifs is 1. The van der Waals surface area contributed by atoms with Gasteiger partial charge in [-0.2, -0.15) is 0 Å². The maximum Gasteiger partial charge on any atom is 0.338 e. The number of esters is 2. The number of carbonyl (C=O) groups excluding carboxylic acids is 3. The standard InChI is InChI=1S/C32H35N3O5/c1-5-39-31(38)23-13-16-25-26(19-23)35-30(37)28(25)29(22-9-7-6-8-10-22)34-24-14-11-21(12-15-24)20-33-18-17-27(36)40-32(2,3)4/h6-16,19,33-34H,5,17-18,20H2,1-4H3,(H,35,37)/b29-28-. The predicted octanol–water partition coefficient (Wildman–Crippen LogP) is 5.62. The van der Waals surface area contributed by atoms with Crippen LogP contribution in [0.4, 0.5) is 11.4 Å². The first-order chi connectivity index (χ1) is 19.1. The molecule has 0 radical (unpaired) electrons. The Morgan fingerprint density at radius 3 is 2.33 bits per heavy atom. The van der Waals surface area contributed by atoms with E-state index in [4.69, 9.17) is 9.47 Å². The molecule has 4 rings (SSSR count). The Balaban J connectivity index is 1.51. The molecule has 3 aromatic rings. The molecule has 3 aromatic carbocycles. The lowest BCUT2D eigenvalue weighted by molar-refractivity contribution is -0.154. The van der Waals surface area contributed by atoms with Crippen molar-refractivity contribution in [2.24, 2.45) is 0 Å². The van der Waals surface area contributed by atoms with Crippen molar-refractivity contribution in [2.45, 2.75) is 46.3 Å². The van der Waals surface area contributed by atoms with E-state index in [0.717, 1.165) is 16.8 Å². The minimum atomic E-state index is -0.485. The van der Waals surface area contributed by atoms with Gasteiger partial charge in [0.05, 0.1) is 35.5 Å². The van der Waals surface area contributed by atoms with Gasteiger partial charge in [0, 0.05) is 24.3 Å². The summed E-state index contributed by atoms with van der Waals surface area (Å²) in [6, 6.07) is 22.6. The molecular formula is C32H35N3O5. The summed E-state index contributed by atoms with van der Waals surface area (Å²) in [5, 5.41) is 9.61. The highest BCUT2D eigenvalue weighted by Crippen LogP contribution is 2.38. The average Bonchev–Trinajstić information content (AvgIpc) is 3.24. The van der Waals surface area contributed by atoms with Crippen molar-refractivity contribution in [1.82, 2.24) is 5.32 Å². The third kappa shape index (κ3) is 7.36. The number of amides is 1. The van der Waals surface area contributed by atoms with Gasteiger partial charge in [-0.05, 0) is 63.1 Å². The molecule has 3 N–H and O–H groups in total. The van der Waals surface area contributed by atoms with E-state index in [-0.39, 0.29) is 18.5 Å². The Kier molecular flexibility index (Phi) is 9.01. The van der Waals surface area contributed by atoms with Crippen LogP contribution < -0.4 is 16.0 Å². The second kappa shape index (κ2) is 12.6. The van der Waals surface area contributed by atoms with Gasteiger partial charge >= 0.3 is 11.9 Å². The first-order valence-corrected chi connectivity index (χ1v) is 13.4. The average molecular weight is 542 g/mol. The largest absolute Gasteiger partial charge is 0.462 e. The van der Waals surface area contributed by atoms with Crippen molar-refractivity contribution < 1.29 is 23.9 Å². The van der Waals surface area contributed by atoms with Gasteiger partial charge in [-0.1, -0.05) is 48.5 Å². The van der Waals surface area contributed by atoms with E-state index in [1.54, 1.807) is 25.1 Å². The van der Waals surface area contributed by atoms with E-state index < -0.39 is 11.6 Å². The Morgan fingerprint density at radius 1 is 0.925 bits per heavy atom. The fraction of sp³-hybridized carbons (Fsp3) is 0.281. The van der Waals surface area contributed by atoms with Crippen LogP contribution in [0.15, 0.2) is 72.8 Å². The highest BCUT2D eigenvalue weighted by Gasteiger charge is 2.29. The first-order valence-electron chi connectivity index (χ1n) is 13.4. The molecule has 0 fully saturated rings. The van der Waals surface area contributed by atoms with Gasteiger partial charge in [0.25, 0.3) is 5.91 Å². The Bertz CT molecular complexity index is 1410. The van der Waals surface area contributed by atoms with Gasteiger partial charge in [-0.25, -0.2) is 4.79 Å². The number of ether oxygens (including phenoxy) is 2. The summed E-state index contributed by atoms with van der Waals surface area (Å²) in [5.74, 6) is -0.915. The van der Waals surface area contributed by atoms with Crippen LogP contribution in [0.1, 0.15) is 61.2 Å². The van der Waals surface area contributed by atoms with E-state index in [0.29, 0.717) is 47.6 Å². The number of carbonyl (C=O) groups is 3. The number of nitrogens with one attached hydrogen (secondary N) is 3. The fourth-order valence-corrected chi connectivity index (χ4v) is 4.31. The first kappa shape index (κ1) is 28.6. The molecular weight excluding hydrogens is 506 g/mol. The minimum Gasteiger partial charge on any atom is -0.462 e. The molecule has 0 aromatic heterocycles. The molecule has 1 aliphatic heterocycles. The number of hydrogen-bond acceptors (Lipinski definition) is 7. The van der Waals surface area contributed by atoms with Crippen LogP contribution in [-0.2, 0) is 25.6 Å². The molecule has 0 unspecified atom stereocenters. The van der Waals surface area contributed by atoms with Crippen LogP contribution in [0.5, 0.6) is 0 Å². The Labute approximate surface area is 234 Å². The van der Waals surface area contributed by atoms with Gasteiger partial charge in [0.1, 0.15) is 5.60 Å². The summed E-state index contributed by atoms with van der Waals surface area (Å²) in [7, 11) is 0. The molecule has 0 saturated heterocycles. The molecule has 8 heteroatoms. The highest BCUT2D eigenvalue weighted by molar-refractivity contribution is 6.37. The lowest BCUT2D eigenvalue weighted by atomic mass is 9.99. The maximum atomic E-state index is 13.2. The van der Waals surface area contributed by atoms with Gasteiger partial charge in [0.2, 0.25) is 0 Å². The molecule has 1 aliphatic rings. The van der Waals surface area contributed by atoms with Crippen LogP contribution in [0.25, 0.3) is 11.3 Å². The van der Waals surface area contributed by atoms with E-state index in [1.807, 2.05) is 75.4 Å². The molecule has 1 amide bonds. The van der Waals surface area contributed by atoms with Crippen molar-refractivity contribution in [3.05, 3.63) is 95.1 Å². The zero-order chi connectivity index (χ0) is 28.7. The van der Waals surface area contributed by atoms with Gasteiger partial charge in [0.15, 0.2) is 0 Å². The van der Waals surface area contributed by atoms with Crippen molar-refractivity contribution in [3.8, 4) is 0 Å². The molecule has 0 aliphatic carbocycles. The van der Waals surface area contributed by atoms with Crippen LogP contribution in [0.3, 0.4) is 0 Å². The number of anilines is 2. The molecule has 0 spiro atoms. The zero-order valence-electron chi connectivity index (χ0n) is 23.3. The molecule has 208 valence electrons. The minimum absolute atomic E-state index is 0.226.